The first kappa shape index (κ1) is 71.8. The Morgan fingerprint density at radius 2 is 0.570 bits per heavy atom. The van der Waals surface area contributed by atoms with Crippen LogP contribution in [-0.2, 0) is 38.4 Å². The van der Waals surface area contributed by atoms with E-state index in [1.165, 1.54) is 0 Å². The summed E-state index contributed by atoms with van der Waals surface area (Å²) >= 11 is 0. The number of amides is 8. The summed E-state index contributed by atoms with van der Waals surface area (Å²) in [5.41, 5.74) is 48.9. The molecule has 0 aliphatic carbocycles. The molecule has 8 amide bonds. The summed E-state index contributed by atoms with van der Waals surface area (Å²) in [6.07, 6.45) is 11.2. The van der Waals surface area contributed by atoms with E-state index < -0.39 is 24.2 Å². The van der Waals surface area contributed by atoms with E-state index in [9.17, 15) is 38.4 Å². The van der Waals surface area contributed by atoms with E-state index in [1.807, 2.05) is 0 Å². The van der Waals surface area contributed by atoms with Gasteiger partial charge in [-0.05, 0) is 116 Å². The number of hydrogen-bond acceptors (Lipinski definition) is 13. The van der Waals surface area contributed by atoms with Crippen LogP contribution in [0.1, 0.15) is 161 Å². The second kappa shape index (κ2) is 46.9. The molecule has 0 aliphatic heterocycles. The highest BCUT2D eigenvalue weighted by atomic mass is 16.2. The summed E-state index contributed by atoms with van der Waals surface area (Å²) < 4.78 is 0. The third-order valence-electron chi connectivity index (χ3n) is 12.0. The van der Waals surface area contributed by atoms with E-state index >= 15 is 0 Å². The van der Waals surface area contributed by atoms with Crippen molar-refractivity contribution in [3.05, 3.63) is 0 Å². The van der Waals surface area contributed by atoms with Crippen molar-refractivity contribution < 1.29 is 38.4 Å². The van der Waals surface area contributed by atoms with Gasteiger partial charge in [0.25, 0.3) is 0 Å². The molecule has 4 atom stereocenters. The van der Waals surface area contributed by atoms with Crippen LogP contribution in [0.4, 0.5) is 0 Å². The minimum atomic E-state index is -0.840. The van der Waals surface area contributed by atoms with Gasteiger partial charge in [-0.25, -0.2) is 0 Å². The molecule has 0 aliphatic rings. The van der Waals surface area contributed by atoms with Crippen LogP contribution in [0.2, 0.25) is 0 Å². The highest BCUT2D eigenvalue weighted by molar-refractivity contribution is 5.90. The Kier molecular flexibility index (Phi) is 42.6. The summed E-state index contributed by atoms with van der Waals surface area (Å²) in [5, 5.41) is 22.6. The van der Waals surface area contributed by atoms with E-state index in [0.29, 0.717) is 149 Å². The molecule has 0 saturated carbocycles. The van der Waals surface area contributed by atoms with E-state index in [-0.39, 0.29) is 123 Å². The number of nitrogens with zero attached hydrogens (tertiary/aromatic N) is 4. The quantitative estimate of drug-likeness (QED) is 0.0162. The number of unbranched alkanes of at least 4 members (excludes halogenated alkanes) is 8. The van der Waals surface area contributed by atoms with E-state index in [1.54, 1.807) is 6.92 Å². The number of carbonyl (C=O) groups is 8. The lowest BCUT2D eigenvalue weighted by molar-refractivity contribution is -0.129. The Bertz CT molecular complexity index is 1900. The van der Waals surface area contributed by atoms with Crippen LogP contribution in [0, 0.1) is 0 Å². The highest BCUT2D eigenvalue weighted by Crippen LogP contribution is 2.09. The van der Waals surface area contributed by atoms with Gasteiger partial charge in [0.2, 0.25) is 47.3 Å². The van der Waals surface area contributed by atoms with Crippen molar-refractivity contribution in [1.82, 2.24) is 42.5 Å². The van der Waals surface area contributed by atoms with Crippen molar-refractivity contribution in [2.24, 2.45) is 71.6 Å². The smallest absolute Gasteiger partial charge is 0.242 e. The second-order valence-corrected chi connectivity index (χ2v) is 19.1. The van der Waals surface area contributed by atoms with Crippen LogP contribution in [0.15, 0.2) is 20.0 Å². The Balaban J connectivity index is 5.02. The first-order valence-corrected chi connectivity index (χ1v) is 28.0. The van der Waals surface area contributed by atoms with Crippen molar-refractivity contribution in [3.8, 4) is 0 Å². The van der Waals surface area contributed by atoms with Gasteiger partial charge in [0, 0.05) is 78.0 Å². The molecule has 0 aromatic rings. The number of rotatable bonds is 48. The van der Waals surface area contributed by atoms with Gasteiger partial charge in [-0.15, -0.1) is 0 Å². The number of guanidine groups is 4. The maximum atomic E-state index is 13.3. The lowest BCUT2D eigenvalue weighted by atomic mass is 10.1. The van der Waals surface area contributed by atoms with Crippen molar-refractivity contribution in [3.63, 3.8) is 0 Å². The lowest BCUT2D eigenvalue weighted by Crippen LogP contribution is -2.47. The molecule has 0 bridgehead atoms. The van der Waals surface area contributed by atoms with Gasteiger partial charge in [0.15, 0.2) is 23.8 Å². The molecule has 0 rings (SSSR count). The van der Waals surface area contributed by atoms with Crippen LogP contribution in [0.25, 0.3) is 0 Å². The van der Waals surface area contributed by atoms with E-state index in [4.69, 9.17) is 51.6 Å². The molecular formula is C50H99N21O8. The van der Waals surface area contributed by atoms with Crippen LogP contribution in [0.5, 0.6) is 0 Å². The minimum absolute atomic E-state index is 0.0460. The molecule has 0 fully saturated rings. The average Bonchev–Trinajstić information content (AvgIpc) is 3.39. The largest absolute Gasteiger partial charge is 0.370 e. The Hall–Kier alpha value is -7.20. The summed E-state index contributed by atoms with van der Waals surface area (Å²) in [5.74, 6) is -2.73. The Morgan fingerprint density at radius 1 is 0.329 bits per heavy atom. The molecule has 0 aromatic heterocycles. The lowest BCUT2D eigenvalue weighted by Gasteiger charge is -2.19. The van der Waals surface area contributed by atoms with E-state index in [2.05, 4.69) is 62.5 Å². The van der Waals surface area contributed by atoms with Crippen molar-refractivity contribution in [2.45, 2.75) is 185 Å². The normalized spacial score (nSPS) is 12.2. The SMILES string of the molecule is CCNC(=O)C(CCCN=C(N)N)NC(=O)CCCCCNC(=O)C(CCCN=C(N)N)NC(=O)CCCCCNC(=O)C(CCCN=C(N)N)NC(=O)CCCCCNC(=O)C(CCCN=C(N)N)NC(=O)CCCCCN. The fraction of sp³-hybridized carbons (Fsp3) is 0.760. The first-order valence-electron chi connectivity index (χ1n) is 28.0. The maximum absolute atomic E-state index is 13.3. The molecule has 26 N–H and O–H groups in total. The van der Waals surface area contributed by atoms with Crippen molar-refractivity contribution in [2.75, 3.05) is 58.9 Å². The number of nitrogens with two attached hydrogens (primary N) is 9. The standard InChI is InChI=1S/C50H99N21O8/c1-2-60-43(76)35(19-15-31-64-47(52)53)68-40(73)24-8-4-12-28-62-45(78)37(21-17-33-66-49(56)57)70-42(75)26-10-6-14-30-63-46(79)38(22-18-34-67-50(58)59)71-41(74)25-9-5-13-29-61-44(77)36(20-16-32-65-48(54)55)69-39(72)23-7-3-11-27-51/h35-38H,2-34,51H2,1H3,(H,60,76)(H,61,77)(H,62,78)(H,63,79)(H,68,73)(H,69,72)(H,70,75)(H,71,74)(H4,52,53,64)(H4,54,55,65)(H4,56,57,66)(H4,58,59,67). The highest BCUT2D eigenvalue weighted by Gasteiger charge is 2.24. The zero-order valence-electron chi connectivity index (χ0n) is 46.9. The van der Waals surface area contributed by atoms with Gasteiger partial charge in [0.1, 0.15) is 24.2 Å². The zero-order valence-corrected chi connectivity index (χ0v) is 46.9. The minimum Gasteiger partial charge on any atom is -0.370 e. The number of aliphatic imine (C=N–C) groups is 4. The number of hydrogen-bond donors (Lipinski definition) is 17. The predicted octanol–water partition coefficient (Wildman–Crippen LogP) is -3.17. The maximum Gasteiger partial charge on any atom is 0.242 e. The fourth-order valence-corrected chi connectivity index (χ4v) is 7.83. The Morgan fingerprint density at radius 3 is 0.797 bits per heavy atom. The summed E-state index contributed by atoms with van der Waals surface area (Å²) in [6.45, 7) is 4.88. The third-order valence-corrected chi connectivity index (χ3v) is 12.0. The van der Waals surface area contributed by atoms with Gasteiger partial charge < -0.3 is 94.1 Å². The van der Waals surface area contributed by atoms with Gasteiger partial charge in [-0.2, -0.15) is 0 Å². The van der Waals surface area contributed by atoms with Gasteiger partial charge in [-0.1, -0.05) is 25.7 Å². The van der Waals surface area contributed by atoms with Gasteiger partial charge in [0.05, 0.1) is 0 Å². The first-order chi connectivity index (χ1) is 37.8. The van der Waals surface area contributed by atoms with Crippen LogP contribution in [-0.4, -0.2) is 154 Å². The number of carbonyl (C=O) groups excluding carboxylic acids is 8. The summed E-state index contributed by atoms with van der Waals surface area (Å²) in [4.78, 5) is 119. The molecule has 452 valence electrons. The molecule has 0 spiro atoms. The molecule has 0 aromatic carbocycles. The molecule has 0 radical (unpaired) electrons. The predicted molar refractivity (Wildman–Crippen MR) is 308 cm³/mol. The van der Waals surface area contributed by atoms with Crippen molar-refractivity contribution >= 4 is 71.1 Å². The summed E-state index contributed by atoms with van der Waals surface area (Å²) in [6, 6.07) is -3.14. The molecule has 0 saturated heterocycles. The number of likely N-dealkylation sites (N-methyl/N-ethyl adjacent to an activating group) is 1. The molecular weight excluding hydrogens is 1020 g/mol. The second-order valence-electron chi connectivity index (χ2n) is 19.1. The van der Waals surface area contributed by atoms with Gasteiger partial charge in [-0.3, -0.25) is 58.3 Å². The summed E-state index contributed by atoms with van der Waals surface area (Å²) in [7, 11) is 0. The fourth-order valence-electron chi connectivity index (χ4n) is 7.83. The zero-order chi connectivity index (χ0) is 59.1. The number of nitrogens with one attached hydrogen (secondary N) is 8. The van der Waals surface area contributed by atoms with Crippen LogP contribution in [0.3, 0.4) is 0 Å². The van der Waals surface area contributed by atoms with Gasteiger partial charge >= 0.3 is 0 Å². The van der Waals surface area contributed by atoms with Crippen LogP contribution >= 0.6 is 0 Å². The molecule has 29 nitrogen and oxygen atoms in total. The monoisotopic (exact) mass is 1120 g/mol. The molecule has 0 heterocycles. The average molecular weight is 1120 g/mol. The van der Waals surface area contributed by atoms with E-state index in [0.717, 1.165) is 12.8 Å². The topological polar surface area (TPSA) is 516 Å². The Labute approximate surface area is 466 Å². The third kappa shape index (κ3) is 42.5. The van der Waals surface area contributed by atoms with Crippen LogP contribution < -0.4 is 94.1 Å². The van der Waals surface area contributed by atoms with Crippen molar-refractivity contribution in [1.29, 1.82) is 0 Å². The molecule has 79 heavy (non-hydrogen) atoms. The molecule has 29 heteroatoms. The molecule has 4 unspecified atom stereocenters.